The first-order valence-electron chi connectivity index (χ1n) is 24.2. The number of unbranched alkanes of at least 4 members (excludes halogenated alkanes) is 26. The van der Waals surface area contributed by atoms with Gasteiger partial charge in [-0.1, -0.05) is 192 Å². The van der Waals surface area contributed by atoms with Crippen molar-refractivity contribution in [2.45, 2.75) is 256 Å². The lowest BCUT2D eigenvalue weighted by Gasteiger charge is -2.40. The molecule has 0 radical (unpaired) electrons. The summed E-state index contributed by atoms with van der Waals surface area (Å²) in [5, 5.41) is 54.1. The van der Waals surface area contributed by atoms with Gasteiger partial charge < -0.3 is 40.3 Å². The molecule has 0 aromatic rings. The number of amides is 1. The van der Waals surface area contributed by atoms with Crippen molar-refractivity contribution in [3.8, 4) is 0 Å². The molecule has 0 bridgehead atoms. The molecule has 1 aliphatic rings. The number of hydrogen-bond donors (Lipinski definition) is 6. The maximum atomic E-state index is 12.9. The smallest absolute Gasteiger partial charge is 0.220 e. The molecular formula is C49H91NO8. The zero-order chi connectivity index (χ0) is 42.3. The van der Waals surface area contributed by atoms with Crippen LogP contribution in [-0.4, -0.2) is 87.5 Å². The zero-order valence-electron chi connectivity index (χ0n) is 37.3. The Bertz CT molecular complexity index is 1000. The molecule has 0 aliphatic carbocycles. The van der Waals surface area contributed by atoms with Crippen LogP contribution in [0.3, 0.4) is 0 Å². The lowest BCUT2D eigenvalue weighted by Crippen LogP contribution is -2.60. The second kappa shape index (κ2) is 39.5. The van der Waals surface area contributed by atoms with E-state index in [2.05, 4.69) is 43.5 Å². The van der Waals surface area contributed by atoms with Crippen molar-refractivity contribution in [3.63, 3.8) is 0 Å². The molecule has 58 heavy (non-hydrogen) atoms. The van der Waals surface area contributed by atoms with E-state index >= 15 is 0 Å². The van der Waals surface area contributed by atoms with E-state index in [1.807, 2.05) is 6.08 Å². The number of carbonyl (C=O) groups excluding carboxylic acids is 1. The van der Waals surface area contributed by atoms with Crippen LogP contribution in [0.15, 0.2) is 36.5 Å². The molecule has 7 atom stereocenters. The van der Waals surface area contributed by atoms with E-state index in [4.69, 9.17) is 9.47 Å². The number of aliphatic hydroxyl groups is 5. The van der Waals surface area contributed by atoms with Crippen LogP contribution in [-0.2, 0) is 14.3 Å². The van der Waals surface area contributed by atoms with E-state index < -0.39 is 49.5 Å². The van der Waals surface area contributed by atoms with Crippen LogP contribution >= 0.6 is 0 Å². The Morgan fingerprint density at radius 2 is 1.00 bits per heavy atom. The summed E-state index contributed by atoms with van der Waals surface area (Å²) in [6.07, 6.45) is 42.1. The van der Waals surface area contributed by atoms with Gasteiger partial charge in [-0.3, -0.25) is 4.79 Å². The van der Waals surface area contributed by atoms with Gasteiger partial charge in [0.2, 0.25) is 5.91 Å². The molecule has 1 aliphatic heterocycles. The van der Waals surface area contributed by atoms with Crippen molar-refractivity contribution in [2.24, 2.45) is 0 Å². The lowest BCUT2D eigenvalue weighted by molar-refractivity contribution is -0.302. The van der Waals surface area contributed by atoms with Gasteiger partial charge in [0, 0.05) is 6.42 Å². The first-order valence-corrected chi connectivity index (χ1v) is 24.2. The molecule has 7 unspecified atom stereocenters. The van der Waals surface area contributed by atoms with Crippen LogP contribution in [0.4, 0.5) is 0 Å². The van der Waals surface area contributed by atoms with Gasteiger partial charge in [0.1, 0.15) is 24.4 Å². The van der Waals surface area contributed by atoms with E-state index in [1.54, 1.807) is 6.08 Å². The van der Waals surface area contributed by atoms with Gasteiger partial charge >= 0.3 is 0 Å². The summed E-state index contributed by atoms with van der Waals surface area (Å²) in [6.45, 7) is 3.71. The van der Waals surface area contributed by atoms with Crippen LogP contribution in [0.25, 0.3) is 0 Å². The summed E-state index contributed by atoms with van der Waals surface area (Å²) in [7, 11) is 0. The molecule has 0 aromatic heterocycles. The average Bonchev–Trinajstić information content (AvgIpc) is 3.22. The highest BCUT2D eigenvalue weighted by Crippen LogP contribution is 2.23. The summed E-state index contributed by atoms with van der Waals surface area (Å²) in [5.74, 6) is -0.198. The third kappa shape index (κ3) is 29.6. The van der Waals surface area contributed by atoms with Crippen LogP contribution in [0.5, 0.6) is 0 Å². The van der Waals surface area contributed by atoms with Crippen LogP contribution in [0.1, 0.15) is 213 Å². The fourth-order valence-electron chi connectivity index (χ4n) is 7.51. The molecule has 1 saturated heterocycles. The monoisotopic (exact) mass is 822 g/mol. The number of allylic oxidation sites excluding steroid dienone is 5. The number of aliphatic hydroxyl groups excluding tert-OH is 5. The van der Waals surface area contributed by atoms with Crippen LogP contribution < -0.4 is 5.32 Å². The fraction of sp³-hybridized carbons (Fsp3) is 0.857. The van der Waals surface area contributed by atoms with Crippen molar-refractivity contribution in [1.29, 1.82) is 0 Å². The summed E-state index contributed by atoms with van der Waals surface area (Å²) < 4.78 is 11.2. The summed E-state index contributed by atoms with van der Waals surface area (Å²) >= 11 is 0. The minimum absolute atomic E-state index is 0.198. The standard InChI is InChI=1S/C49H91NO8/c1-3-5-7-9-11-13-15-16-17-18-19-20-21-22-23-24-25-26-27-29-30-32-34-36-38-43(52)42(41-57-49-48(56)47(55)46(54)44(40-51)58-49)50-45(53)39-37-35-33-31-28-14-12-10-8-6-4-2/h10,12,29-30,36,38,42-44,46-49,51-52,54-56H,3-9,11,13-28,31-35,37,39-41H2,1-2H3,(H,50,53)/b12-10-,30-29+,38-36+. The van der Waals surface area contributed by atoms with Crippen molar-refractivity contribution in [3.05, 3.63) is 36.5 Å². The Morgan fingerprint density at radius 3 is 1.50 bits per heavy atom. The molecule has 340 valence electrons. The highest BCUT2D eigenvalue weighted by molar-refractivity contribution is 5.76. The molecule has 9 heteroatoms. The van der Waals surface area contributed by atoms with Crippen molar-refractivity contribution >= 4 is 5.91 Å². The molecular weight excluding hydrogens is 731 g/mol. The molecule has 1 fully saturated rings. The zero-order valence-corrected chi connectivity index (χ0v) is 37.3. The Kier molecular flexibility index (Phi) is 37.1. The minimum atomic E-state index is -1.57. The van der Waals surface area contributed by atoms with Crippen molar-refractivity contribution in [2.75, 3.05) is 13.2 Å². The summed E-state index contributed by atoms with van der Waals surface area (Å²) in [6, 6.07) is -0.823. The van der Waals surface area contributed by atoms with E-state index in [-0.39, 0.29) is 12.5 Å². The molecule has 0 aromatic carbocycles. The molecule has 9 nitrogen and oxygen atoms in total. The van der Waals surface area contributed by atoms with Gasteiger partial charge in [-0.25, -0.2) is 0 Å². The van der Waals surface area contributed by atoms with Gasteiger partial charge in [-0.05, 0) is 51.4 Å². The highest BCUT2D eigenvalue weighted by Gasteiger charge is 2.44. The Morgan fingerprint density at radius 1 is 0.569 bits per heavy atom. The van der Waals surface area contributed by atoms with Gasteiger partial charge in [0.25, 0.3) is 0 Å². The Balaban J connectivity index is 2.30. The van der Waals surface area contributed by atoms with Crippen LogP contribution in [0.2, 0.25) is 0 Å². The Hall–Kier alpha value is -1.59. The molecule has 0 saturated carbocycles. The number of hydrogen-bond acceptors (Lipinski definition) is 8. The van der Waals surface area contributed by atoms with E-state index in [0.29, 0.717) is 6.42 Å². The quantitative estimate of drug-likeness (QED) is 0.0264. The number of rotatable bonds is 40. The van der Waals surface area contributed by atoms with Crippen LogP contribution in [0, 0.1) is 0 Å². The van der Waals surface area contributed by atoms with Gasteiger partial charge in [-0.2, -0.15) is 0 Å². The first kappa shape index (κ1) is 54.4. The third-order valence-corrected chi connectivity index (χ3v) is 11.4. The maximum absolute atomic E-state index is 12.9. The molecule has 1 heterocycles. The summed E-state index contributed by atoms with van der Waals surface area (Å²) in [5.41, 5.74) is 0. The maximum Gasteiger partial charge on any atom is 0.220 e. The SMILES string of the molecule is CCCC/C=C\CCCCCCCC(=O)NC(COC1OC(CO)C(O)C(O)C1O)C(O)/C=C/CC/C=C/CCCCCCCCCCCCCCCCCCCC. The van der Waals surface area contributed by atoms with Crippen molar-refractivity contribution < 1.29 is 39.8 Å². The topological polar surface area (TPSA) is 149 Å². The van der Waals surface area contributed by atoms with E-state index in [1.165, 1.54) is 128 Å². The summed E-state index contributed by atoms with van der Waals surface area (Å²) in [4.78, 5) is 12.9. The normalized spacial score (nSPS) is 21.1. The molecule has 1 rings (SSSR count). The second-order valence-electron chi connectivity index (χ2n) is 16.9. The predicted octanol–water partition coefficient (Wildman–Crippen LogP) is 10.5. The predicted molar refractivity (Wildman–Crippen MR) is 240 cm³/mol. The van der Waals surface area contributed by atoms with E-state index in [0.717, 1.165) is 64.2 Å². The fourth-order valence-corrected chi connectivity index (χ4v) is 7.51. The molecule has 0 spiro atoms. The third-order valence-electron chi connectivity index (χ3n) is 11.4. The first-order chi connectivity index (χ1) is 28.3. The average molecular weight is 822 g/mol. The van der Waals surface area contributed by atoms with Gasteiger partial charge in [-0.15, -0.1) is 0 Å². The van der Waals surface area contributed by atoms with E-state index in [9.17, 15) is 30.3 Å². The molecule has 6 N–H and O–H groups in total. The minimum Gasteiger partial charge on any atom is -0.394 e. The van der Waals surface area contributed by atoms with Gasteiger partial charge in [0.05, 0.1) is 25.4 Å². The second-order valence-corrected chi connectivity index (χ2v) is 16.9. The number of carbonyl (C=O) groups is 1. The van der Waals surface area contributed by atoms with Gasteiger partial charge in [0.15, 0.2) is 6.29 Å². The highest BCUT2D eigenvalue weighted by atomic mass is 16.7. The van der Waals surface area contributed by atoms with Crippen molar-refractivity contribution in [1.82, 2.24) is 5.32 Å². The Labute approximate surface area is 355 Å². The molecule has 1 amide bonds. The lowest BCUT2D eigenvalue weighted by atomic mass is 9.99. The largest absolute Gasteiger partial charge is 0.394 e. The number of nitrogens with one attached hydrogen (secondary N) is 1. The number of ether oxygens (including phenoxy) is 2.